The predicted octanol–water partition coefficient (Wildman–Crippen LogP) is 4.31. The number of carbonyl (C=O) groups excluding carboxylic acids is 2. The molecule has 0 bridgehead atoms. The summed E-state index contributed by atoms with van der Waals surface area (Å²) in [5.74, 6) is -0.364. The summed E-state index contributed by atoms with van der Waals surface area (Å²) in [5, 5.41) is 0. The Kier molecular flexibility index (Phi) is 8.31. The molecule has 0 saturated carbocycles. The molecule has 1 saturated heterocycles. The van der Waals surface area contributed by atoms with E-state index >= 15 is 0 Å². The number of ether oxygens (including phenoxy) is 2. The van der Waals surface area contributed by atoms with E-state index < -0.39 is 20.5 Å². The molecule has 1 aromatic rings. The Labute approximate surface area is 162 Å². The molecule has 0 N–H and O–H groups in total. The molecule has 1 aromatic carbocycles. The van der Waals surface area contributed by atoms with Crippen LogP contribution in [0.5, 0.6) is 0 Å². The van der Waals surface area contributed by atoms with Crippen LogP contribution in [-0.4, -0.2) is 44.7 Å². The largest absolute Gasteiger partial charge is 0.444 e. The van der Waals surface area contributed by atoms with Crippen LogP contribution in [0, 0.1) is 0 Å². The fraction of sp³-hybridized carbons (Fsp3) is 0.600. The lowest BCUT2D eigenvalue weighted by molar-refractivity contribution is -0.139. The molecule has 0 aliphatic carbocycles. The first kappa shape index (κ1) is 21.4. The number of carbonyl (C=O) groups is 2. The van der Waals surface area contributed by atoms with E-state index in [4.69, 9.17) is 13.9 Å². The number of hydrogen-bond acceptors (Lipinski definition) is 5. The molecule has 0 radical (unpaired) electrons. The first-order chi connectivity index (χ1) is 13.0. The molecule has 2 rings (SSSR count). The van der Waals surface area contributed by atoms with Crippen molar-refractivity contribution in [1.29, 1.82) is 0 Å². The SMILES string of the molecule is CC[Si](CC)(CC)OCCC[C@H]1C(=O)OCN1C(=O)OCc1ccccc1. The number of esters is 1. The summed E-state index contributed by atoms with van der Waals surface area (Å²) in [6.07, 6.45) is 0.729. The van der Waals surface area contributed by atoms with Crippen molar-refractivity contribution >= 4 is 20.4 Å². The van der Waals surface area contributed by atoms with E-state index in [0.29, 0.717) is 13.0 Å². The standard InChI is InChI=1S/C20H31NO5Si/c1-4-27(5-2,6-3)26-14-10-13-18-19(22)25-16-21(18)20(23)24-15-17-11-8-7-9-12-17/h7-9,11-12,18H,4-6,10,13-16H2,1-3H3/t18-/m0/s1. The molecule has 27 heavy (non-hydrogen) atoms. The lowest BCUT2D eigenvalue weighted by Crippen LogP contribution is -2.39. The third kappa shape index (κ3) is 5.81. The highest BCUT2D eigenvalue weighted by atomic mass is 28.4. The molecule has 1 heterocycles. The summed E-state index contributed by atoms with van der Waals surface area (Å²) in [4.78, 5) is 25.7. The Morgan fingerprint density at radius 3 is 2.48 bits per heavy atom. The number of cyclic esters (lactones) is 1. The van der Waals surface area contributed by atoms with Gasteiger partial charge in [-0.3, -0.25) is 4.90 Å². The molecule has 0 unspecified atom stereocenters. The lowest BCUT2D eigenvalue weighted by Gasteiger charge is -2.28. The average molecular weight is 394 g/mol. The van der Waals surface area contributed by atoms with Gasteiger partial charge < -0.3 is 13.9 Å². The van der Waals surface area contributed by atoms with Crippen molar-refractivity contribution < 1.29 is 23.5 Å². The monoisotopic (exact) mass is 393 g/mol. The molecular weight excluding hydrogens is 362 g/mol. The first-order valence-electron chi connectivity index (χ1n) is 9.83. The summed E-state index contributed by atoms with van der Waals surface area (Å²) in [7, 11) is -1.62. The Morgan fingerprint density at radius 2 is 1.85 bits per heavy atom. The van der Waals surface area contributed by atoms with Crippen LogP contribution in [-0.2, 0) is 25.3 Å². The zero-order chi connectivity index (χ0) is 19.7. The van der Waals surface area contributed by atoms with Gasteiger partial charge in [-0.05, 0) is 36.5 Å². The molecule has 150 valence electrons. The van der Waals surface area contributed by atoms with Gasteiger partial charge in [0, 0.05) is 6.61 Å². The van der Waals surface area contributed by atoms with Gasteiger partial charge >= 0.3 is 12.1 Å². The van der Waals surface area contributed by atoms with E-state index in [-0.39, 0.29) is 19.3 Å². The first-order valence-corrected chi connectivity index (χ1v) is 12.4. The van der Waals surface area contributed by atoms with Crippen LogP contribution >= 0.6 is 0 Å². The molecule has 1 aliphatic rings. The zero-order valence-electron chi connectivity index (χ0n) is 16.6. The van der Waals surface area contributed by atoms with Gasteiger partial charge in [0.2, 0.25) is 0 Å². The van der Waals surface area contributed by atoms with E-state index in [1.54, 1.807) is 0 Å². The minimum atomic E-state index is -1.62. The molecule has 0 spiro atoms. The van der Waals surface area contributed by atoms with Crippen LogP contribution in [0.4, 0.5) is 4.79 Å². The van der Waals surface area contributed by atoms with E-state index in [2.05, 4.69) is 20.8 Å². The Hall–Kier alpha value is -1.86. The van der Waals surface area contributed by atoms with Crippen LogP contribution in [0.15, 0.2) is 30.3 Å². The van der Waals surface area contributed by atoms with Crippen LogP contribution in [0.2, 0.25) is 18.1 Å². The highest BCUT2D eigenvalue weighted by Crippen LogP contribution is 2.23. The van der Waals surface area contributed by atoms with Gasteiger partial charge in [0.15, 0.2) is 15.0 Å². The molecule has 1 atom stereocenters. The number of hydrogen-bond donors (Lipinski definition) is 0. The maximum Gasteiger partial charge on any atom is 0.413 e. The summed E-state index contributed by atoms with van der Waals surface area (Å²) in [6, 6.07) is 12.2. The summed E-state index contributed by atoms with van der Waals surface area (Å²) in [6.45, 7) is 7.33. The Bertz CT molecular complexity index is 597. The van der Waals surface area contributed by atoms with Crippen molar-refractivity contribution in [2.45, 2.75) is 64.4 Å². The average Bonchev–Trinajstić information content (AvgIpc) is 3.08. The minimum Gasteiger partial charge on any atom is -0.444 e. The van der Waals surface area contributed by atoms with Crippen molar-refractivity contribution in [2.24, 2.45) is 0 Å². The van der Waals surface area contributed by atoms with Crippen molar-refractivity contribution in [3.05, 3.63) is 35.9 Å². The van der Waals surface area contributed by atoms with Gasteiger partial charge in [-0.1, -0.05) is 51.1 Å². The normalized spacial score (nSPS) is 17.1. The third-order valence-electron chi connectivity index (χ3n) is 5.40. The van der Waals surface area contributed by atoms with Gasteiger partial charge in [0.25, 0.3) is 0 Å². The maximum absolute atomic E-state index is 12.4. The Balaban J connectivity index is 1.81. The second-order valence-electron chi connectivity index (χ2n) is 6.85. The summed E-state index contributed by atoms with van der Waals surface area (Å²) in [5.41, 5.74) is 0.905. The van der Waals surface area contributed by atoms with Crippen molar-refractivity contribution in [2.75, 3.05) is 13.3 Å². The summed E-state index contributed by atoms with van der Waals surface area (Å²) >= 11 is 0. The van der Waals surface area contributed by atoms with Gasteiger partial charge in [0.05, 0.1) is 0 Å². The fourth-order valence-corrected chi connectivity index (χ4v) is 6.01. The lowest BCUT2D eigenvalue weighted by atomic mass is 10.1. The van der Waals surface area contributed by atoms with Crippen LogP contribution in [0.25, 0.3) is 0 Å². The van der Waals surface area contributed by atoms with Crippen molar-refractivity contribution in [3.8, 4) is 0 Å². The predicted molar refractivity (Wildman–Crippen MR) is 106 cm³/mol. The van der Waals surface area contributed by atoms with Gasteiger partial charge in [0.1, 0.15) is 12.6 Å². The van der Waals surface area contributed by atoms with E-state index in [9.17, 15) is 9.59 Å². The quantitative estimate of drug-likeness (QED) is 0.337. The van der Waals surface area contributed by atoms with Crippen molar-refractivity contribution in [3.63, 3.8) is 0 Å². The molecule has 6 nitrogen and oxygen atoms in total. The third-order valence-corrected chi connectivity index (χ3v) is 10.1. The van der Waals surface area contributed by atoms with E-state index in [1.807, 2.05) is 30.3 Å². The molecule has 1 fully saturated rings. The molecule has 0 aromatic heterocycles. The number of rotatable bonds is 10. The van der Waals surface area contributed by atoms with Crippen molar-refractivity contribution in [1.82, 2.24) is 4.90 Å². The molecule has 1 aliphatic heterocycles. The molecule has 1 amide bonds. The van der Waals surface area contributed by atoms with E-state index in [1.165, 1.54) is 4.90 Å². The minimum absolute atomic E-state index is 0.0461. The number of nitrogens with zero attached hydrogens (tertiary/aromatic N) is 1. The topological polar surface area (TPSA) is 65.1 Å². The van der Waals surface area contributed by atoms with Crippen LogP contribution in [0.1, 0.15) is 39.2 Å². The number of amides is 1. The smallest absolute Gasteiger partial charge is 0.413 e. The highest BCUT2D eigenvalue weighted by Gasteiger charge is 2.38. The Morgan fingerprint density at radius 1 is 1.19 bits per heavy atom. The van der Waals surface area contributed by atoms with Gasteiger partial charge in [-0.25, -0.2) is 9.59 Å². The maximum atomic E-state index is 12.4. The second kappa shape index (κ2) is 10.5. The highest BCUT2D eigenvalue weighted by molar-refractivity contribution is 6.73. The zero-order valence-corrected chi connectivity index (χ0v) is 17.6. The summed E-state index contributed by atoms with van der Waals surface area (Å²) < 4.78 is 16.6. The molecular formula is C20H31NO5Si. The number of benzene rings is 1. The molecule has 7 heteroatoms. The van der Waals surface area contributed by atoms with Crippen LogP contribution < -0.4 is 0 Å². The van der Waals surface area contributed by atoms with Gasteiger partial charge in [-0.15, -0.1) is 0 Å². The van der Waals surface area contributed by atoms with Crippen LogP contribution in [0.3, 0.4) is 0 Å². The fourth-order valence-electron chi connectivity index (χ4n) is 3.32. The van der Waals surface area contributed by atoms with E-state index in [0.717, 1.165) is 30.1 Å². The van der Waals surface area contributed by atoms with Gasteiger partial charge in [-0.2, -0.15) is 0 Å². The second-order valence-corrected chi connectivity index (χ2v) is 11.6.